The van der Waals surface area contributed by atoms with Crippen molar-refractivity contribution in [2.75, 3.05) is 18.5 Å². The number of amides is 2. The van der Waals surface area contributed by atoms with Gasteiger partial charge in [-0.2, -0.15) is 0 Å². The van der Waals surface area contributed by atoms with E-state index in [1.54, 1.807) is 18.2 Å². The number of aromatic nitrogens is 1. The van der Waals surface area contributed by atoms with Crippen LogP contribution in [-0.4, -0.2) is 23.8 Å². The van der Waals surface area contributed by atoms with Crippen LogP contribution in [-0.2, 0) is 13.1 Å². The van der Waals surface area contributed by atoms with Crippen LogP contribution in [0.3, 0.4) is 0 Å². The lowest BCUT2D eigenvalue weighted by Gasteiger charge is -2.19. The molecule has 2 heterocycles. The fourth-order valence-corrected chi connectivity index (χ4v) is 3.24. The maximum absolute atomic E-state index is 12.3. The van der Waals surface area contributed by atoms with E-state index in [-0.39, 0.29) is 6.03 Å². The van der Waals surface area contributed by atoms with Gasteiger partial charge in [0.2, 0.25) is 0 Å². The molecule has 0 aliphatic carbocycles. The van der Waals surface area contributed by atoms with Crippen molar-refractivity contribution in [1.82, 2.24) is 9.88 Å². The third-order valence-electron chi connectivity index (χ3n) is 4.59. The van der Waals surface area contributed by atoms with E-state index in [4.69, 9.17) is 9.47 Å². The molecule has 144 valence electrons. The normalized spacial score (nSPS) is 12.5. The number of nitrogens with one attached hydrogen (secondary N) is 2. The monoisotopic (exact) mass is 377 g/mol. The molecule has 0 fully saturated rings. The minimum atomic E-state index is -0.264. The Labute approximate surface area is 164 Å². The number of fused-ring (bicyclic) bond motifs is 1. The van der Waals surface area contributed by atoms with E-state index in [9.17, 15) is 4.79 Å². The molecule has 3 aromatic rings. The molecule has 1 aliphatic heterocycles. The lowest BCUT2D eigenvalue weighted by atomic mass is 10.1. The minimum Gasteiger partial charge on any atom is -0.486 e. The molecule has 1 aromatic heterocycles. The zero-order chi connectivity index (χ0) is 19.3. The Morgan fingerprint density at radius 1 is 1.04 bits per heavy atom. The van der Waals surface area contributed by atoms with E-state index < -0.39 is 0 Å². The van der Waals surface area contributed by atoms with Crippen molar-refractivity contribution in [3.8, 4) is 11.5 Å². The maximum Gasteiger partial charge on any atom is 0.319 e. The molecule has 0 saturated heterocycles. The van der Waals surface area contributed by atoms with Gasteiger partial charge in [0.05, 0.1) is 6.54 Å². The topological polar surface area (TPSA) is 64.5 Å². The summed E-state index contributed by atoms with van der Waals surface area (Å²) in [7, 11) is 0. The Hall–Kier alpha value is -3.41. The molecule has 6 nitrogen and oxygen atoms in total. The van der Waals surface area contributed by atoms with Gasteiger partial charge in [-0.1, -0.05) is 29.8 Å². The molecular formula is C22H23N3O3. The van der Waals surface area contributed by atoms with Gasteiger partial charge < -0.3 is 24.7 Å². The van der Waals surface area contributed by atoms with E-state index in [1.807, 2.05) is 18.3 Å². The Morgan fingerprint density at radius 2 is 1.89 bits per heavy atom. The van der Waals surface area contributed by atoms with Gasteiger partial charge in [0.1, 0.15) is 13.2 Å². The molecule has 28 heavy (non-hydrogen) atoms. The summed E-state index contributed by atoms with van der Waals surface area (Å²) in [5.74, 6) is 1.35. The molecule has 2 N–H and O–H groups in total. The first-order chi connectivity index (χ1) is 13.7. The van der Waals surface area contributed by atoms with Crippen LogP contribution >= 0.6 is 0 Å². The van der Waals surface area contributed by atoms with Crippen molar-refractivity contribution >= 4 is 11.7 Å². The number of rotatable bonds is 5. The van der Waals surface area contributed by atoms with Crippen LogP contribution < -0.4 is 20.1 Å². The summed E-state index contributed by atoms with van der Waals surface area (Å²) in [4.78, 5) is 12.3. The van der Waals surface area contributed by atoms with Crippen LogP contribution in [0, 0.1) is 6.92 Å². The highest BCUT2D eigenvalue weighted by Gasteiger charge is 2.13. The largest absolute Gasteiger partial charge is 0.486 e. The molecule has 4 rings (SSSR count). The van der Waals surface area contributed by atoms with E-state index in [0.29, 0.717) is 36.9 Å². The second kappa shape index (κ2) is 8.08. The van der Waals surface area contributed by atoms with Crippen molar-refractivity contribution in [1.29, 1.82) is 0 Å². The zero-order valence-corrected chi connectivity index (χ0v) is 15.8. The SMILES string of the molecule is Cc1cccc(Cn2cccc2CNC(=O)Nc2ccc3c(c2)OCCO3)c1. The highest BCUT2D eigenvalue weighted by molar-refractivity contribution is 5.89. The van der Waals surface area contributed by atoms with Gasteiger partial charge >= 0.3 is 6.03 Å². The number of carbonyl (C=O) groups is 1. The number of benzene rings is 2. The van der Waals surface area contributed by atoms with E-state index >= 15 is 0 Å². The Balaban J connectivity index is 1.35. The fraction of sp³-hybridized carbons (Fsp3) is 0.227. The van der Waals surface area contributed by atoms with Crippen LogP contribution in [0.25, 0.3) is 0 Å². The van der Waals surface area contributed by atoms with E-state index in [0.717, 1.165) is 12.2 Å². The molecule has 0 radical (unpaired) electrons. The summed E-state index contributed by atoms with van der Waals surface area (Å²) < 4.78 is 13.2. The number of anilines is 1. The van der Waals surface area contributed by atoms with Crippen LogP contribution in [0.1, 0.15) is 16.8 Å². The molecule has 0 bridgehead atoms. The van der Waals surface area contributed by atoms with Gasteiger partial charge in [-0.3, -0.25) is 0 Å². The van der Waals surface area contributed by atoms with Gasteiger partial charge in [-0.25, -0.2) is 4.79 Å². The molecule has 2 amide bonds. The standard InChI is InChI=1S/C22H23N3O3/c1-16-4-2-5-17(12-16)15-25-9-3-6-19(25)14-23-22(26)24-18-7-8-20-21(13-18)28-11-10-27-20/h2-9,12-13H,10-11,14-15H2,1H3,(H2,23,24,26). The van der Waals surface area contributed by atoms with Crippen molar-refractivity contribution in [3.63, 3.8) is 0 Å². The number of nitrogens with zero attached hydrogens (tertiary/aromatic N) is 1. The summed E-state index contributed by atoms with van der Waals surface area (Å²) in [6.45, 7) is 4.36. The van der Waals surface area contributed by atoms with Crippen molar-refractivity contribution in [2.24, 2.45) is 0 Å². The number of hydrogen-bond donors (Lipinski definition) is 2. The first-order valence-corrected chi connectivity index (χ1v) is 9.31. The Kier molecular flexibility index (Phi) is 5.19. The molecule has 1 aliphatic rings. The summed E-state index contributed by atoms with van der Waals surface area (Å²) in [5.41, 5.74) is 4.18. The molecule has 0 atom stereocenters. The van der Waals surface area contributed by atoms with Crippen LogP contribution in [0.15, 0.2) is 60.8 Å². The third-order valence-corrected chi connectivity index (χ3v) is 4.59. The first-order valence-electron chi connectivity index (χ1n) is 9.31. The Morgan fingerprint density at radius 3 is 2.75 bits per heavy atom. The second-order valence-electron chi connectivity index (χ2n) is 6.78. The van der Waals surface area contributed by atoms with Gasteiger partial charge in [0.25, 0.3) is 0 Å². The highest BCUT2D eigenvalue weighted by atomic mass is 16.6. The molecule has 0 spiro atoms. The van der Waals surface area contributed by atoms with Crippen molar-refractivity contribution < 1.29 is 14.3 Å². The lowest BCUT2D eigenvalue weighted by Crippen LogP contribution is -2.29. The number of aryl methyl sites for hydroxylation is 1. The fourth-order valence-electron chi connectivity index (χ4n) is 3.24. The second-order valence-corrected chi connectivity index (χ2v) is 6.78. The molecule has 2 aromatic carbocycles. The summed E-state index contributed by atoms with van der Waals surface area (Å²) in [6.07, 6.45) is 2.03. The van der Waals surface area contributed by atoms with Crippen molar-refractivity contribution in [2.45, 2.75) is 20.0 Å². The summed E-state index contributed by atoms with van der Waals surface area (Å²) >= 11 is 0. The number of ether oxygens (including phenoxy) is 2. The smallest absolute Gasteiger partial charge is 0.319 e. The maximum atomic E-state index is 12.3. The predicted molar refractivity (Wildman–Crippen MR) is 108 cm³/mol. The lowest BCUT2D eigenvalue weighted by molar-refractivity contribution is 0.171. The minimum absolute atomic E-state index is 0.264. The van der Waals surface area contributed by atoms with E-state index in [1.165, 1.54) is 11.1 Å². The molecule has 0 saturated carbocycles. The summed E-state index contributed by atoms with van der Waals surface area (Å²) in [5, 5.41) is 5.74. The number of hydrogen-bond acceptors (Lipinski definition) is 3. The average Bonchev–Trinajstić information content (AvgIpc) is 3.13. The van der Waals surface area contributed by atoms with Gasteiger partial charge in [0.15, 0.2) is 11.5 Å². The van der Waals surface area contributed by atoms with Crippen molar-refractivity contribution in [3.05, 3.63) is 77.6 Å². The average molecular weight is 377 g/mol. The molecular weight excluding hydrogens is 354 g/mol. The highest BCUT2D eigenvalue weighted by Crippen LogP contribution is 2.32. The van der Waals surface area contributed by atoms with Gasteiger partial charge in [-0.15, -0.1) is 0 Å². The van der Waals surface area contributed by atoms with Crippen LogP contribution in [0.2, 0.25) is 0 Å². The van der Waals surface area contributed by atoms with Crippen LogP contribution in [0.4, 0.5) is 10.5 Å². The molecule has 6 heteroatoms. The Bertz CT molecular complexity index is 981. The van der Waals surface area contributed by atoms with Crippen LogP contribution in [0.5, 0.6) is 11.5 Å². The number of urea groups is 1. The quantitative estimate of drug-likeness (QED) is 0.708. The number of carbonyl (C=O) groups excluding carboxylic acids is 1. The zero-order valence-electron chi connectivity index (χ0n) is 15.8. The van der Waals surface area contributed by atoms with E-state index in [2.05, 4.69) is 46.4 Å². The first kappa shape index (κ1) is 18.0. The van der Waals surface area contributed by atoms with Gasteiger partial charge in [0, 0.05) is 30.2 Å². The molecule has 0 unspecified atom stereocenters. The predicted octanol–water partition coefficient (Wildman–Crippen LogP) is 3.94. The summed E-state index contributed by atoms with van der Waals surface area (Å²) in [6, 6.07) is 17.5. The van der Waals surface area contributed by atoms with Gasteiger partial charge in [-0.05, 0) is 36.8 Å². The third kappa shape index (κ3) is 4.28.